The number of nitrogens with zero attached hydrogens (tertiary/aromatic N) is 2. The van der Waals surface area contributed by atoms with Gasteiger partial charge in [0.2, 0.25) is 0 Å². The second-order valence-corrected chi connectivity index (χ2v) is 18.6. The van der Waals surface area contributed by atoms with E-state index in [4.69, 9.17) is 42.1 Å². The summed E-state index contributed by atoms with van der Waals surface area (Å²) < 4.78 is 18.6. The minimum Gasteiger partial charge on any atom is -0.491 e. The van der Waals surface area contributed by atoms with Crippen molar-refractivity contribution in [3.8, 4) is 17.1 Å². The maximum Gasteiger partial charge on any atom is 0.192 e. The number of ether oxygens (including phenoxy) is 2. The van der Waals surface area contributed by atoms with Crippen molar-refractivity contribution in [1.82, 2.24) is 9.97 Å². The van der Waals surface area contributed by atoms with Crippen molar-refractivity contribution in [2.24, 2.45) is 5.41 Å². The lowest BCUT2D eigenvalue weighted by molar-refractivity contribution is 0.0789. The third-order valence-corrected chi connectivity index (χ3v) is 12.4. The Kier molecular flexibility index (Phi) is 10.2. The van der Waals surface area contributed by atoms with Crippen molar-refractivity contribution in [2.75, 3.05) is 25.1 Å². The Bertz CT molecular complexity index is 1090. The van der Waals surface area contributed by atoms with Crippen molar-refractivity contribution in [2.45, 2.75) is 98.0 Å². The lowest BCUT2D eigenvalue weighted by Gasteiger charge is -2.40. The highest BCUT2D eigenvalue weighted by Gasteiger charge is 2.40. The zero-order chi connectivity index (χ0) is 28.3. The van der Waals surface area contributed by atoms with E-state index in [0.29, 0.717) is 34.4 Å². The fraction of sp³-hybridized carbons (Fsp3) is 0.655. The lowest BCUT2D eigenvalue weighted by atomic mass is 9.89. The fourth-order valence-electron chi connectivity index (χ4n) is 4.17. The molecule has 1 aliphatic rings. The van der Waals surface area contributed by atoms with Gasteiger partial charge in [-0.3, -0.25) is 0 Å². The highest BCUT2D eigenvalue weighted by Crippen LogP contribution is 2.39. The van der Waals surface area contributed by atoms with Gasteiger partial charge < -0.3 is 19.2 Å². The van der Waals surface area contributed by atoms with Gasteiger partial charge in [0.05, 0.1) is 6.10 Å². The topological polar surface area (TPSA) is 65.5 Å². The van der Waals surface area contributed by atoms with Gasteiger partial charge >= 0.3 is 0 Å². The highest BCUT2D eigenvalue weighted by molar-refractivity contribution is 6.74. The van der Waals surface area contributed by atoms with Crippen LogP contribution in [0.3, 0.4) is 0 Å². The van der Waals surface area contributed by atoms with Crippen LogP contribution in [0, 0.1) is 12.3 Å². The maximum absolute atomic E-state index is 6.78. The Morgan fingerprint density at radius 3 is 2.32 bits per heavy atom. The molecule has 0 bridgehead atoms. The SMILES string of the molecule is Cc1c(Cl)nc(-c2cc(Cl)cc(OCC(CC(C)(C)C)O[Si](C)(C)C(C)(C)C)c2)nc1NC1CCOCC1. The average Bonchev–Trinajstić information content (AvgIpc) is 2.79. The van der Waals surface area contributed by atoms with E-state index in [0.717, 1.165) is 49.4 Å². The molecule has 2 aromatic rings. The van der Waals surface area contributed by atoms with Gasteiger partial charge in [-0.2, -0.15) is 0 Å². The molecule has 9 heteroatoms. The number of benzene rings is 1. The van der Waals surface area contributed by atoms with Gasteiger partial charge in [-0.1, -0.05) is 64.7 Å². The molecule has 0 spiro atoms. The molecule has 1 unspecified atom stereocenters. The van der Waals surface area contributed by atoms with Gasteiger partial charge in [0, 0.05) is 35.4 Å². The first-order valence-corrected chi connectivity index (χ1v) is 17.2. The summed E-state index contributed by atoms with van der Waals surface area (Å²) in [6, 6.07) is 5.88. The molecule has 0 saturated carbocycles. The van der Waals surface area contributed by atoms with Crippen LogP contribution in [0.25, 0.3) is 11.4 Å². The molecular weight excluding hydrogens is 537 g/mol. The summed E-state index contributed by atoms with van der Waals surface area (Å²) in [6.07, 6.45) is 2.72. The summed E-state index contributed by atoms with van der Waals surface area (Å²) in [5.74, 6) is 1.90. The summed E-state index contributed by atoms with van der Waals surface area (Å²) >= 11 is 13.1. The van der Waals surface area contributed by atoms with Crippen LogP contribution >= 0.6 is 23.2 Å². The van der Waals surface area contributed by atoms with E-state index < -0.39 is 8.32 Å². The number of hydrogen-bond acceptors (Lipinski definition) is 6. The molecule has 6 nitrogen and oxygen atoms in total. The Labute approximate surface area is 240 Å². The summed E-state index contributed by atoms with van der Waals surface area (Å²) in [6.45, 7) is 21.9. The molecule has 3 rings (SSSR count). The van der Waals surface area contributed by atoms with Crippen LogP contribution in [0.15, 0.2) is 18.2 Å². The summed E-state index contributed by atoms with van der Waals surface area (Å²) in [4.78, 5) is 9.37. The van der Waals surface area contributed by atoms with Crippen molar-refractivity contribution < 1.29 is 13.9 Å². The normalized spacial score (nSPS) is 16.4. The third-order valence-electron chi connectivity index (χ3n) is 7.32. The second-order valence-electron chi connectivity index (χ2n) is 13.1. The molecule has 1 aliphatic heterocycles. The molecule has 0 radical (unpaired) electrons. The highest BCUT2D eigenvalue weighted by atomic mass is 35.5. The summed E-state index contributed by atoms with van der Waals surface area (Å²) in [7, 11) is -1.97. The van der Waals surface area contributed by atoms with E-state index in [9.17, 15) is 0 Å². The minimum absolute atomic E-state index is 0.0290. The summed E-state index contributed by atoms with van der Waals surface area (Å²) in [5.41, 5.74) is 1.69. The zero-order valence-electron chi connectivity index (χ0n) is 24.5. The van der Waals surface area contributed by atoms with Crippen molar-refractivity contribution >= 4 is 37.3 Å². The first-order valence-electron chi connectivity index (χ1n) is 13.5. The number of hydrogen-bond donors (Lipinski definition) is 1. The van der Waals surface area contributed by atoms with Gasteiger partial charge in [-0.15, -0.1) is 0 Å². The molecule has 212 valence electrons. The van der Waals surface area contributed by atoms with Crippen LogP contribution in [-0.2, 0) is 9.16 Å². The molecule has 1 N–H and O–H groups in total. The van der Waals surface area contributed by atoms with E-state index in [1.54, 1.807) is 0 Å². The number of halogens is 2. The lowest BCUT2D eigenvalue weighted by Crippen LogP contribution is -2.46. The van der Waals surface area contributed by atoms with E-state index in [1.165, 1.54) is 0 Å². The average molecular weight is 583 g/mol. The fourth-order valence-corrected chi connectivity index (χ4v) is 5.90. The van der Waals surface area contributed by atoms with Crippen molar-refractivity contribution in [3.63, 3.8) is 0 Å². The smallest absolute Gasteiger partial charge is 0.192 e. The van der Waals surface area contributed by atoms with Crippen LogP contribution in [0.4, 0.5) is 5.82 Å². The molecule has 1 aromatic heterocycles. The zero-order valence-corrected chi connectivity index (χ0v) is 27.0. The van der Waals surface area contributed by atoms with E-state index >= 15 is 0 Å². The quantitative estimate of drug-likeness (QED) is 0.236. The van der Waals surface area contributed by atoms with Crippen LogP contribution in [0.2, 0.25) is 28.3 Å². The Balaban J connectivity index is 1.83. The van der Waals surface area contributed by atoms with E-state index in [-0.39, 0.29) is 16.6 Å². The van der Waals surface area contributed by atoms with Crippen molar-refractivity contribution in [1.29, 1.82) is 0 Å². The first kappa shape index (κ1) is 31.1. The molecule has 0 aliphatic carbocycles. The monoisotopic (exact) mass is 581 g/mol. The Hall–Kier alpha value is -1.38. The van der Waals surface area contributed by atoms with Gasteiger partial charge in [0.1, 0.15) is 23.3 Å². The van der Waals surface area contributed by atoms with Crippen LogP contribution in [0.5, 0.6) is 5.75 Å². The number of rotatable bonds is 9. The number of aromatic nitrogens is 2. The predicted octanol–water partition coefficient (Wildman–Crippen LogP) is 8.56. The molecule has 1 aromatic carbocycles. The molecule has 2 heterocycles. The van der Waals surface area contributed by atoms with E-state index in [2.05, 4.69) is 64.9 Å². The number of anilines is 1. The molecule has 38 heavy (non-hydrogen) atoms. The second kappa shape index (κ2) is 12.4. The molecule has 1 fully saturated rings. The van der Waals surface area contributed by atoms with E-state index in [1.807, 2.05) is 25.1 Å². The minimum atomic E-state index is -1.97. The summed E-state index contributed by atoms with van der Waals surface area (Å²) in [5, 5.41) is 4.62. The largest absolute Gasteiger partial charge is 0.491 e. The van der Waals surface area contributed by atoms with Gasteiger partial charge in [-0.05, 0) is 67.9 Å². The van der Waals surface area contributed by atoms with Gasteiger partial charge in [0.15, 0.2) is 14.1 Å². The Morgan fingerprint density at radius 1 is 1.05 bits per heavy atom. The standard InChI is InChI=1S/C29H45Cl2N3O3Si/c1-19-25(31)33-27(34-26(19)32-22-10-12-35-13-11-22)20-14-21(30)16-23(15-20)36-18-24(17-28(2,3)4)37-38(8,9)29(5,6)7/h14-16,22,24H,10-13,17-18H2,1-9H3,(H,32,33,34). The van der Waals surface area contributed by atoms with Gasteiger partial charge in [0.25, 0.3) is 0 Å². The molecule has 0 amide bonds. The van der Waals surface area contributed by atoms with Crippen LogP contribution < -0.4 is 10.1 Å². The van der Waals surface area contributed by atoms with Crippen LogP contribution in [0.1, 0.15) is 66.4 Å². The Morgan fingerprint density at radius 2 is 1.71 bits per heavy atom. The molecular formula is C29H45Cl2N3O3Si. The first-order chi connectivity index (χ1) is 17.5. The third kappa shape index (κ3) is 8.82. The van der Waals surface area contributed by atoms with Crippen LogP contribution in [-0.4, -0.2) is 50.3 Å². The maximum atomic E-state index is 6.78. The van der Waals surface area contributed by atoms with Gasteiger partial charge in [-0.25, -0.2) is 9.97 Å². The molecule has 1 atom stereocenters. The molecule has 1 saturated heterocycles. The number of nitrogens with one attached hydrogen (secondary N) is 1. The van der Waals surface area contributed by atoms with Crippen molar-refractivity contribution in [3.05, 3.63) is 33.9 Å². The predicted molar refractivity (Wildman–Crippen MR) is 161 cm³/mol.